The number of pyridine rings is 1. The van der Waals surface area contributed by atoms with E-state index in [0.29, 0.717) is 5.56 Å². The van der Waals surface area contributed by atoms with Crippen molar-refractivity contribution in [2.24, 2.45) is 0 Å². The fraction of sp³-hybridized carbons (Fsp3) is 0.227. The molecule has 0 atom stereocenters. The summed E-state index contributed by atoms with van der Waals surface area (Å²) >= 11 is 0. The monoisotopic (exact) mass is 473 g/mol. The molecule has 0 fully saturated rings. The zero-order chi connectivity index (χ0) is 24.2. The maximum Gasteiger partial charge on any atom is 0.304 e. The Hall–Kier alpha value is -3.91. The van der Waals surface area contributed by atoms with Crippen LogP contribution in [0.1, 0.15) is 35.7 Å². The van der Waals surface area contributed by atoms with E-state index in [-0.39, 0.29) is 52.4 Å². The molecule has 1 aromatic carbocycles. The van der Waals surface area contributed by atoms with E-state index in [1.54, 1.807) is 0 Å². The Bertz CT molecular complexity index is 1390. The first-order valence-corrected chi connectivity index (χ1v) is 11.5. The minimum Gasteiger partial charge on any atom is -0.481 e. The van der Waals surface area contributed by atoms with Gasteiger partial charge in [-0.1, -0.05) is 11.8 Å². The molecular weight excluding hydrogens is 453 g/mol. The van der Waals surface area contributed by atoms with Crippen molar-refractivity contribution >= 4 is 38.8 Å². The second-order valence-corrected chi connectivity index (χ2v) is 8.84. The lowest BCUT2D eigenvalue weighted by Gasteiger charge is -2.07. The van der Waals surface area contributed by atoms with E-state index in [1.165, 1.54) is 44.3 Å². The third-order valence-corrected chi connectivity index (χ3v) is 5.83. The molecule has 2 aromatic heterocycles. The molecule has 3 aromatic rings. The molecule has 0 spiro atoms. The van der Waals surface area contributed by atoms with Crippen LogP contribution in [0.3, 0.4) is 0 Å². The number of aromatic nitrogens is 1. The van der Waals surface area contributed by atoms with Gasteiger partial charge in [-0.2, -0.15) is 4.98 Å². The Morgan fingerprint density at radius 2 is 1.94 bits per heavy atom. The number of halogens is 1. The van der Waals surface area contributed by atoms with Crippen molar-refractivity contribution in [3.63, 3.8) is 0 Å². The average molecular weight is 473 g/mol. The highest BCUT2D eigenvalue weighted by Crippen LogP contribution is 2.35. The van der Waals surface area contributed by atoms with Crippen LogP contribution in [0.2, 0.25) is 0 Å². The van der Waals surface area contributed by atoms with E-state index in [0.717, 1.165) is 0 Å². The van der Waals surface area contributed by atoms with Crippen LogP contribution in [0.4, 0.5) is 10.2 Å². The zero-order valence-corrected chi connectivity index (χ0v) is 18.5. The molecule has 3 rings (SSSR count). The number of carbonyl (C=O) groups excluding carboxylic acids is 1. The van der Waals surface area contributed by atoms with Crippen molar-refractivity contribution in [1.82, 2.24) is 10.3 Å². The number of fused-ring (bicyclic) bond motifs is 1. The lowest BCUT2D eigenvalue weighted by atomic mass is 10.0. The molecule has 33 heavy (non-hydrogen) atoms. The minimum absolute atomic E-state index is 0.0296. The molecule has 11 heteroatoms. The summed E-state index contributed by atoms with van der Waals surface area (Å²) in [5.74, 6) is 3.19. The number of amides is 1. The molecule has 2 heterocycles. The summed E-state index contributed by atoms with van der Waals surface area (Å²) in [6, 6.07) is 6.75. The molecular formula is C22H20FN3O6S. The van der Waals surface area contributed by atoms with Crippen LogP contribution in [0.5, 0.6) is 0 Å². The first-order valence-electron chi connectivity index (χ1n) is 9.82. The van der Waals surface area contributed by atoms with Gasteiger partial charge in [-0.25, -0.2) is 12.8 Å². The topological polar surface area (TPSA) is 139 Å². The normalized spacial score (nSPS) is 11.0. The second kappa shape index (κ2) is 9.70. The first kappa shape index (κ1) is 23.7. The van der Waals surface area contributed by atoms with Crippen LogP contribution >= 0.6 is 0 Å². The Labute approximate surface area is 189 Å². The summed E-state index contributed by atoms with van der Waals surface area (Å²) in [5.41, 5.74) is 0.641. The number of nitrogens with zero attached hydrogens (tertiary/aromatic N) is 1. The minimum atomic E-state index is -3.73. The Morgan fingerprint density at radius 1 is 1.24 bits per heavy atom. The largest absolute Gasteiger partial charge is 0.481 e. The number of sulfonamides is 1. The molecule has 0 bridgehead atoms. The van der Waals surface area contributed by atoms with Gasteiger partial charge in [-0.05, 0) is 37.3 Å². The fourth-order valence-electron chi connectivity index (χ4n) is 2.90. The molecule has 0 radical (unpaired) electrons. The molecule has 1 amide bonds. The van der Waals surface area contributed by atoms with Crippen LogP contribution in [0.15, 0.2) is 34.7 Å². The van der Waals surface area contributed by atoms with Crippen molar-refractivity contribution < 1.29 is 31.9 Å². The van der Waals surface area contributed by atoms with Crippen molar-refractivity contribution in [2.75, 3.05) is 17.5 Å². The molecule has 0 aliphatic rings. The summed E-state index contributed by atoms with van der Waals surface area (Å²) < 4.78 is 45.8. The summed E-state index contributed by atoms with van der Waals surface area (Å²) in [6.07, 6.45) is -0.162. The van der Waals surface area contributed by atoms with Crippen LogP contribution < -0.4 is 10.0 Å². The van der Waals surface area contributed by atoms with Gasteiger partial charge in [0.25, 0.3) is 5.91 Å². The maximum absolute atomic E-state index is 13.4. The van der Waals surface area contributed by atoms with E-state index in [2.05, 4.69) is 26.9 Å². The highest BCUT2D eigenvalue weighted by atomic mass is 32.2. The number of benzene rings is 1. The van der Waals surface area contributed by atoms with Gasteiger partial charge in [0.2, 0.25) is 15.7 Å². The lowest BCUT2D eigenvalue weighted by Crippen LogP contribution is -2.18. The first-order chi connectivity index (χ1) is 15.6. The summed E-state index contributed by atoms with van der Waals surface area (Å²) in [5, 5.41) is 11.6. The number of carboxylic acid groups (broad SMARTS) is 1. The van der Waals surface area contributed by atoms with Crippen molar-refractivity contribution in [3.05, 3.63) is 47.3 Å². The quantitative estimate of drug-likeness (QED) is 0.448. The maximum atomic E-state index is 13.4. The average Bonchev–Trinajstić information content (AvgIpc) is 3.14. The van der Waals surface area contributed by atoms with Crippen molar-refractivity contribution in [3.8, 4) is 23.2 Å². The van der Waals surface area contributed by atoms with Gasteiger partial charge in [0, 0.05) is 19.0 Å². The molecule has 3 N–H and O–H groups in total. The van der Waals surface area contributed by atoms with Crippen LogP contribution in [0, 0.1) is 17.7 Å². The highest BCUT2D eigenvalue weighted by molar-refractivity contribution is 7.92. The third-order valence-electron chi connectivity index (χ3n) is 4.56. The molecule has 0 unspecified atom stereocenters. The number of furan rings is 1. The number of anilines is 1. The third kappa shape index (κ3) is 5.48. The Morgan fingerprint density at radius 3 is 2.55 bits per heavy atom. The molecule has 9 nitrogen and oxygen atoms in total. The smallest absolute Gasteiger partial charge is 0.304 e. The highest BCUT2D eigenvalue weighted by Gasteiger charge is 2.24. The van der Waals surface area contributed by atoms with Gasteiger partial charge in [0.05, 0.1) is 28.7 Å². The fourth-order valence-corrected chi connectivity index (χ4v) is 3.49. The summed E-state index contributed by atoms with van der Waals surface area (Å²) in [6.45, 7) is 1.45. The van der Waals surface area contributed by atoms with E-state index in [9.17, 15) is 22.4 Å². The molecule has 0 saturated heterocycles. The summed E-state index contributed by atoms with van der Waals surface area (Å²) in [4.78, 5) is 27.6. The predicted octanol–water partition coefficient (Wildman–Crippen LogP) is 2.97. The van der Waals surface area contributed by atoms with Crippen molar-refractivity contribution in [2.45, 2.75) is 19.8 Å². The van der Waals surface area contributed by atoms with E-state index in [1.807, 2.05) is 0 Å². The molecule has 0 saturated carbocycles. The van der Waals surface area contributed by atoms with Gasteiger partial charge in [-0.15, -0.1) is 0 Å². The zero-order valence-electron chi connectivity index (χ0n) is 17.7. The lowest BCUT2D eigenvalue weighted by molar-refractivity contribution is -0.136. The predicted molar refractivity (Wildman–Crippen MR) is 120 cm³/mol. The molecule has 0 aliphatic carbocycles. The van der Waals surface area contributed by atoms with Crippen LogP contribution in [-0.4, -0.2) is 43.2 Å². The number of hydrogen-bond acceptors (Lipinski definition) is 6. The van der Waals surface area contributed by atoms with Gasteiger partial charge < -0.3 is 14.8 Å². The number of hydrogen-bond donors (Lipinski definition) is 3. The number of carbonyl (C=O) groups is 2. The van der Waals surface area contributed by atoms with Crippen molar-refractivity contribution in [1.29, 1.82) is 0 Å². The van der Waals surface area contributed by atoms with E-state index in [4.69, 9.17) is 9.52 Å². The van der Waals surface area contributed by atoms with E-state index < -0.39 is 27.7 Å². The molecule has 172 valence electrons. The molecule has 0 aliphatic heterocycles. The Kier molecular flexibility index (Phi) is 6.98. The SMILES string of the molecule is CCS(=O)(=O)Nc1nc2oc(-c3ccc(F)cc3)c(C(=O)NC)c2cc1C#CCCC(=O)O. The number of nitrogens with one attached hydrogen (secondary N) is 2. The van der Waals surface area contributed by atoms with Gasteiger partial charge in [0.15, 0.2) is 5.82 Å². The van der Waals surface area contributed by atoms with Crippen LogP contribution in [-0.2, 0) is 14.8 Å². The Balaban J connectivity index is 2.25. The number of carboxylic acids is 1. The number of rotatable bonds is 7. The van der Waals surface area contributed by atoms with Gasteiger partial charge in [0.1, 0.15) is 11.6 Å². The summed E-state index contributed by atoms with van der Waals surface area (Å²) in [7, 11) is -2.30. The standard InChI is InChI=1S/C22H20FN3O6S/c1-3-33(30,31)26-20-14(6-4-5-7-17(27)28)12-16-18(21(29)24-2)19(32-22(16)25-20)13-8-10-15(23)11-9-13/h8-12H,3,5,7H2,1-2H3,(H,24,29)(H,25,26)(H,27,28). The van der Waals surface area contributed by atoms with Gasteiger partial charge in [-0.3, -0.25) is 14.3 Å². The van der Waals surface area contributed by atoms with Crippen LogP contribution in [0.25, 0.3) is 22.4 Å². The number of aliphatic carboxylic acids is 1. The van der Waals surface area contributed by atoms with E-state index >= 15 is 0 Å². The van der Waals surface area contributed by atoms with Gasteiger partial charge >= 0.3 is 5.97 Å². The second-order valence-electron chi connectivity index (χ2n) is 6.83.